The Morgan fingerprint density at radius 3 is 2.06 bits per heavy atom. The number of rotatable bonds is 2. The number of hydrogen-bond acceptors (Lipinski definition) is 3. The molecule has 0 aliphatic carbocycles. The molecule has 1 fully saturated rings. The minimum Gasteiger partial charge on any atom is -0.480 e. The predicted molar refractivity (Wildman–Crippen MR) is 57.9 cm³/mol. The van der Waals surface area contributed by atoms with E-state index in [0.717, 1.165) is 0 Å². The molecule has 16 heavy (non-hydrogen) atoms. The van der Waals surface area contributed by atoms with Crippen molar-refractivity contribution in [1.82, 2.24) is 4.90 Å². The average Bonchev–Trinajstić information content (AvgIpc) is 2.16. The molecular weight excluding hydrogens is 210 g/mol. The van der Waals surface area contributed by atoms with Crippen molar-refractivity contribution in [3.05, 3.63) is 0 Å². The van der Waals surface area contributed by atoms with Crippen LogP contribution in [0.2, 0.25) is 0 Å². The molecule has 1 aliphatic rings. The summed E-state index contributed by atoms with van der Waals surface area (Å²) in [6.07, 6.45) is 0.989. The molecule has 0 spiro atoms. The Morgan fingerprint density at radius 2 is 1.69 bits per heavy atom. The molecular formula is C11H19NO4. The van der Waals surface area contributed by atoms with Gasteiger partial charge in [0.15, 0.2) is 0 Å². The Labute approximate surface area is 95.1 Å². The summed E-state index contributed by atoms with van der Waals surface area (Å²) in [5, 5.41) is 18.7. The summed E-state index contributed by atoms with van der Waals surface area (Å²) >= 11 is 0. The molecule has 0 saturated carbocycles. The summed E-state index contributed by atoms with van der Waals surface area (Å²) in [6, 6.07) is 0. The molecule has 0 aromatic rings. The lowest BCUT2D eigenvalue weighted by Crippen LogP contribution is -2.51. The predicted octanol–water partition coefficient (Wildman–Crippen LogP) is 0.471. The summed E-state index contributed by atoms with van der Waals surface area (Å²) < 4.78 is 0. The van der Waals surface area contributed by atoms with E-state index in [9.17, 15) is 14.7 Å². The largest absolute Gasteiger partial charge is 0.480 e. The van der Waals surface area contributed by atoms with Crippen LogP contribution in [0.4, 0.5) is 0 Å². The second kappa shape index (κ2) is 4.05. The van der Waals surface area contributed by atoms with Crippen molar-refractivity contribution in [1.29, 1.82) is 0 Å². The van der Waals surface area contributed by atoms with Gasteiger partial charge < -0.3 is 15.1 Å². The molecule has 1 saturated heterocycles. The molecule has 1 heterocycles. The molecule has 0 aromatic heterocycles. The zero-order chi connectivity index (χ0) is 12.6. The van der Waals surface area contributed by atoms with E-state index in [1.165, 1.54) is 18.7 Å². The number of amides is 1. The van der Waals surface area contributed by atoms with Gasteiger partial charge in [0, 0.05) is 13.1 Å². The van der Waals surface area contributed by atoms with Gasteiger partial charge in [0.25, 0.3) is 0 Å². The minimum absolute atomic E-state index is 0.379. The van der Waals surface area contributed by atoms with Gasteiger partial charge in [0.05, 0.1) is 5.60 Å². The van der Waals surface area contributed by atoms with Gasteiger partial charge in [-0.25, -0.2) is 0 Å². The van der Waals surface area contributed by atoms with E-state index in [1.807, 2.05) is 0 Å². The Kier molecular flexibility index (Phi) is 3.28. The topological polar surface area (TPSA) is 77.8 Å². The van der Waals surface area contributed by atoms with E-state index in [1.54, 1.807) is 6.92 Å². The number of hydrogen-bond donors (Lipinski definition) is 2. The van der Waals surface area contributed by atoms with Gasteiger partial charge in [-0.2, -0.15) is 0 Å². The number of aliphatic carboxylic acids is 1. The molecule has 0 bridgehead atoms. The fourth-order valence-electron chi connectivity index (χ4n) is 1.68. The summed E-state index contributed by atoms with van der Waals surface area (Å²) in [7, 11) is 0. The molecule has 92 valence electrons. The number of aliphatic hydroxyl groups is 1. The van der Waals surface area contributed by atoms with E-state index in [0.29, 0.717) is 25.9 Å². The van der Waals surface area contributed by atoms with Crippen molar-refractivity contribution < 1.29 is 19.8 Å². The van der Waals surface area contributed by atoms with Crippen LogP contribution in [0.25, 0.3) is 0 Å². The normalized spacial score (nSPS) is 20.6. The van der Waals surface area contributed by atoms with E-state index < -0.39 is 17.0 Å². The molecule has 1 amide bonds. The molecule has 5 nitrogen and oxygen atoms in total. The van der Waals surface area contributed by atoms with Crippen LogP contribution in [0.1, 0.15) is 33.6 Å². The summed E-state index contributed by atoms with van der Waals surface area (Å²) in [5.41, 5.74) is -2.12. The van der Waals surface area contributed by atoms with Gasteiger partial charge in [-0.3, -0.25) is 9.59 Å². The number of piperidine rings is 1. The fraction of sp³-hybridized carbons (Fsp3) is 0.818. The number of carbonyl (C=O) groups is 2. The molecule has 1 aliphatic heterocycles. The van der Waals surface area contributed by atoms with E-state index in [-0.39, 0.29) is 5.91 Å². The van der Waals surface area contributed by atoms with E-state index >= 15 is 0 Å². The lowest BCUT2D eigenvalue weighted by molar-refractivity contribution is -0.159. The Balaban J connectivity index is 2.68. The maximum atomic E-state index is 11.9. The highest BCUT2D eigenvalue weighted by molar-refractivity contribution is 6.01. The van der Waals surface area contributed by atoms with Crippen LogP contribution in [0.5, 0.6) is 0 Å². The number of nitrogens with zero attached hydrogens (tertiary/aromatic N) is 1. The van der Waals surface area contributed by atoms with Gasteiger partial charge >= 0.3 is 5.97 Å². The van der Waals surface area contributed by atoms with Gasteiger partial charge in [0.2, 0.25) is 5.91 Å². The summed E-state index contributed by atoms with van der Waals surface area (Å²) in [5.74, 6) is -1.50. The van der Waals surface area contributed by atoms with E-state index in [4.69, 9.17) is 5.11 Å². The third kappa shape index (κ3) is 2.52. The molecule has 0 unspecified atom stereocenters. The van der Waals surface area contributed by atoms with Gasteiger partial charge in [-0.1, -0.05) is 0 Å². The average molecular weight is 229 g/mol. The molecule has 0 atom stereocenters. The standard InChI is InChI=1S/C11H19NO4/c1-10(2,9(14)15)8(13)12-6-4-11(3,16)5-7-12/h16H,4-7H2,1-3H3,(H,14,15). The first kappa shape index (κ1) is 13.0. The van der Waals surface area contributed by atoms with Gasteiger partial charge in [-0.15, -0.1) is 0 Å². The second-order valence-corrected chi connectivity index (χ2v) is 5.22. The summed E-state index contributed by atoms with van der Waals surface area (Å²) in [6.45, 7) is 5.39. The zero-order valence-electron chi connectivity index (χ0n) is 9.99. The second-order valence-electron chi connectivity index (χ2n) is 5.22. The number of carboxylic acid groups (broad SMARTS) is 1. The molecule has 2 N–H and O–H groups in total. The van der Waals surface area contributed by atoms with Gasteiger partial charge in [0.1, 0.15) is 5.41 Å². The Hall–Kier alpha value is -1.10. The highest BCUT2D eigenvalue weighted by atomic mass is 16.4. The van der Waals surface area contributed by atoms with Crippen LogP contribution >= 0.6 is 0 Å². The van der Waals surface area contributed by atoms with Crippen LogP contribution in [0, 0.1) is 5.41 Å². The van der Waals surface area contributed by atoms with Crippen molar-refractivity contribution in [2.45, 2.75) is 39.2 Å². The van der Waals surface area contributed by atoms with Crippen LogP contribution < -0.4 is 0 Å². The smallest absolute Gasteiger partial charge is 0.318 e. The monoisotopic (exact) mass is 229 g/mol. The molecule has 1 rings (SSSR count). The van der Waals surface area contributed by atoms with Crippen molar-refractivity contribution >= 4 is 11.9 Å². The van der Waals surface area contributed by atoms with Crippen LogP contribution in [0.3, 0.4) is 0 Å². The number of carboxylic acids is 1. The van der Waals surface area contributed by atoms with Gasteiger partial charge in [-0.05, 0) is 33.6 Å². The third-order valence-electron chi connectivity index (χ3n) is 3.20. The highest BCUT2D eigenvalue weighted by Crippen LogP contribution is 2.26. The van der Waals surface area contributed by atoms with Crippen molar-refractivity contribution in [3.8, 4) is 0 Å². The molecule has 5 heteroatoms. The van der Waals surface area contributed by atoms with Crippen molar-refractivity contribution in [2.75, 3.05) is 13.1 Å². The van der Waals surface area contributed by atoms with Crippen LogP contribution in [-0.4, -0.2) is 45.7 Å². The molecule has 0 aromatic carbocycles. The number of carbonyl (C=O) groups excluding carboxylic acids is 1. The first-order valence-corrected chi connectivity index (χ1v) is 5.42. The highest BCUT2D eigenvalue weighted by Gasteiger charge is 2.41. The summed E-state index contributed by atoms with van der Waals surface area (Å²) in [4.78, 5) is 24.4. The maximum absolute atomic E-state index is 11.9. The SMILES string of the molecule is CC1(O)CCN(C(=O)C(C)(C)C(=O)O)CC1. The quantitative estimate of drug-likeness (QED) is 0.675. The molecule has 0 radical (unpaired) electrons. The third-order valence-corrected chi connectivity index (χ3v) is 3.20. The first-order valence-electron chi connectivity index (χ1n) is 5.42. The minimum atomic E-state index is -1.39. The zero-order valence-corrected chi connectivity index (χ0v) is 9.99. The Bertz CT molecular complexity index is 299. The van der Waals surface area contributed by atoms with Crippen molar-refractivity contribution in [3.63, 3.8) is 0 Å². The fourth-order valence-corrected chi connectivity index (χ4v) is 1.68. The Morgan fingerprint density at radius 1 is 1.25 bits per heavy atom. The van der Waals surface area contributed by atoms with Crippen molar-refractivity contribution in [2.24, 2.45) is 5.41 Å². The van der Waals surface area contributed by atoms with Crippen LogP contribution in [-0.2, 0) is 9.59 Å². The van der Waals surface area contributed by atoms with Crippen LogP contribution in [0.15, 0.2) is 0 Å². The lowest BCUT2D eigenvalue weighted by atomic mass is 9.88. The lowest BCUT2D eigenvalue weighted by Gasteiger charge is -2.38. The number of likely N-dealkylation sites (tertiary alicyclic amines) is 1. The maximum Gasteiger partial charge on any atom is 0.318 e. The first-order chi connectivity index (χ1) is 7.17. The van der Waals surface area contributed by atoms with E-state index in [2.05, 4.69) is 0 Å².